The first-order valence-corrected chi connectivity index (χ1v) is 11.2. The molecule has 4 heteroatoms. The maximum atomic E-state index is 13.5. The molecular formula is C30H22O4. The number of phenolic OH excluding ortho intramolecular Hbond substituents is 2. The average molecular weight is 447 g/mol. The first-order valence-electron chi connectivity index (χ1n) is 11.2. The van der Waals surface area contributed by atoms with Gasteiger partial charge in [-0.3, -0.25) is 9.59 Å². The fourth-order valence-electron chi connectivity index (χ4n) is 6.19. The summed E-state index contributed by atoms with van der Waals surface area (Å²) in [6.45, 7) is 4.17. The van der Waals surface area contributed by atoms with Crippen LogP contribution >= 0.6 is 0 Å². The van der Waals surface area contributed by atoms with Crippen molar-refractivity contribution >= 4 is 11.6 Å². The number of carbonyl (C=O) groups is 2. The summed E-state index contributed by atoms with van der Waals surface area (Å²) < 4.78 is 0. The van der Waals surface area contributed by atoms with Crippen molar-refractivity contribution in [1.29, 1.82) is 0 Å². The molecule has 0 aromatic heterocycles. The Morgan fingerprint density at radius 1 is 0.500 bits per heavy atom. The number of hydrogen-bond acceptors (Lipinski definition) is 4. The van der Waals surface area contributed by atoms with Gasteiger partial charge >= 0.3 is 0 Å². The fourth-order valence-corrected chi connectivity index (χ4v) is 6.19. The second-order valence-corrected chi connectivity index (χ2v) is 9.46. The highest BCUT2D eigenvalue weighted by Crippen LogP contribution is 2.59. The molecule has 0 spiro atoms. The Kier molecular flexibility index (Phi) is 4.01. The van der Waals surface area contributed by atoms with E-state index in [0.717, 1.165) is 16.7 Å². The lowest BCUT2D eigenvalue weighted by Crippen LogP contribution is -2.52. The summed E-state index contributed by atoms with van der Waals surface area (Å²) in [7, 11) is 0. The van der Waals surface area contributed by atoms with E-state index in [0.29, 0.717) is 27.8 Å². The SMILES string of the molecule is CC1(C2(C)c3ccccc3C(=O)c3ccc(O)cc32)c2ccccc2C(=O)c2cc(O)ccc21. The van der Waals surface area contributed by atoms with E-state index in [1.807, 2.05) is 54.6 Å². The molecule has 2 N–H and O–H groups in total. The summed E-state index contributed by atoms with van der Waals surface area (Å²) >= 11 is 0. The number of benzene rings is 4. The van der Waals surface area contributed by atoms with Crippen LogP contribution in [0.25, 0.3) is 0 Å². The zero-order valence-corrected chi connectivity index (χ0v) is 18.8. The third-order valence-corrected chi connectivity index (χ3v) is 7.99. The number of hydrogen-bond donors (Lipinski definition) is 2. The molecular weight excluding hydrogens is 424 g/mol. The van der Waals surface area contributed by atoms with Gasteiger partial charge in [-0.25, -0.2) is 0 Å². The van der Waals surface area contributed by atoms with E-state index < -0.39 is 10.8 Å². The number of ketones is 2. The summed E-state index contributed by atoms with van der Waals surface area (Å²) in [5, 5.41) is 20.8. The van der Waals surface area contributed by atoms with Gasteiger partial charge in [0, 0.05) is 33.1 Å². The molecule has 4 aromatic carbocycles. The molecule has 0 fully saturated rings. The molecule has 0 heterocycles. The number of aromatic hydroxyl groups is 2. The molecule has 0 amide bonds. The largest absolute Gasteiger partial charge is 0.508 e. The Balaban J connectivity index is 1.82. The molecule has 0 aliphatic heterocycles. The third kappa shape index (κ3) is 2.32. The highest BCUT2D eigenvalue weighted by atomic mass is 16.3. The first kappa shape index (κ1) is 20.4. The van der Waals surface area contributed by atoms with Crippen LogP contribution in [0.1, 0.15) is 67.9 Å². The van der Waals surface area contributed by atoms with Crippen LogP contribution in [-0.4, -0.2) is 21.8 Å². The molecule has 2 unspecified atom stereocenters. The maximum Gasteiger partial charge on any atom is 0.193 e. The second-order valence-electron chi connectivity index (χ2n) is 9.46. The lowest BCUT2D eigenvalue weighted by molar-refractivity contribution is 0.101. The minimum atomic E-state index is -0.825. The number of rotatable bonds is 1. The highest BCUT2D eigenvalue weighted by Gasteiger charge is 2.57. The Morgan fingerprint density at radius 3 is 1.59 bits per heavy atom. The van der Waals surface area contributed by atoms with Crippen LogP contribution in [0.15, 0.2) is 84.9 Å². The summed E-state index contributed by atoms with van der Waals surface area (Å²) in [6, 6.07) is 25.0. The minimum Gasteiger partial charge on any atom is -0.508 e. The monoisotopic (exact) mass is 446 g/mol. The Hall–Kier alpha value is -4.18. The van der Waals surface area contributed by atoms with E-state index in [9.17, 15) is 19.8 Å². The lowest BCUT2D eigenvalue weighted by atomic mass is 9.48. The predicted molar refractivity (Wildman–Crippen MR) is 129 cm³/mol. The fraction of sp³-hybridized carbons (Fsp3) is 0.133. The van der Waals surface area contributed by atoms with E-state index in [1.165, 1.54) is 12.1 Å². The topological polar surface area (TPSA) is 74.6 Å². The molecule has 2 atom stereocenters. The zero-order valence-electron chi connectivity index (χ0n) is 18.8. The number of fused-ring (bicyclic) bond motifs is 4. The Labute approximate surface area is 197 Å². The van der Waals surface area contributed by atoms with Crippen LogP contribution in [0.5, 0.6) is 11.5 Å². The molecule has 4 nitrogen and oxygen atoms in total. The summed E-state index contributed by atoms with van der Waals surface area (Å²) in [4.78, 5) is 27.0. The van der Waals surface area contributed by atoms with Gasteiger partial charge in [0.25, 0.3) is 0 Å². The molecule has 6 rings (SSSR count). The van der Waals surface area contributed by atoms with Crippen molar-refractivity contribution in [3.63, 3.8) is 0 Å². The normalized spacial score (nSPS) is 22.4. The van der Waals surface area contributed by atoms with E-state index >= 15 is 0 Å². The molecule has 166 valence electrons. The summed E-state index contributed by atoms with van der Waals surface area (Å²) in [5.74, 6) is -0.125. The maximum absolute atomic E-state index is 13.5. The molecule has 0 saturated carbocycles. The van der Waals surface area contributed by atoms with Gasteiger partial charge in [-0.2, -0.15) is 0 Å². The lowest BCUT2D eigenvalue weighted by Gasteiger charge is -2.53. The van der Waals surface area contributed by atoms with E-state index in [4.69, 9.17) is 0 Å². The van der Waals surface area contributed by atoms with Gasteiger partial charge < -0.3 is 10.2 Å². The van der Waals surface area contributed by atoms with Crippen LogP contribution in [0.2, 0.25) is 0 Å². The van der Waals surface area contributed by atoms with Crippen molar-refractivity contribution in [1.82, 2.24) is 0 Å². The average Bonchev–Trinajstić information content (AvgIpc) is 2.85. The van der Waals surface area contributed by atoms with Crippen LogP contribution in [-0.2, 0) is 10.8 Å². The first-order chi connectivity index (χ1) is 16.3. The van der Waals surface area contributed by atoms with Crippen LogP contribution in [0.3, 0.4) is 0 Å². The van der Waals surface area contributed by atoms with Crippen molar-refractivity contribution in [2.24, 2.45) is 0 Å². The van der Waals surface area contributed by atoms with Crippen molar-refractivity contribution in [2.75, 3.05) is 0 Å². The van der Waals surface area contributed by atoms with Crippen LogP contribution in [0.4, 0.5) is 0 Å². The third-order valence-electron chi connectivity index (χ3n) is 7.99. The Morgan fingerprint density at radius 2 is 0.941 bits per heavy atom. The molecule has 2 aliphatic carbocycles. The highest BCUT2D eigenvalue weighted by molar-refractivity contribution is 6.15. The van der Waals surface area contributed by atoms with E-state index in [2.05, 4.69) is 13.8 Å². The van der Waals surface area contributed by atoms with Gasteiger partial charge in [0.15, 0.2) is 11.6 Å². The Bertz CT molecular complexity index is 1550. The van der Waals surface area contributed by atoms with Gasteiger partial charge in [-0.1, -0.05) is 68.4 Å². The molecule has 0 radical (unpaired) electrons. The quantitative estimate of drug-likeness (QED) is 0.405. The van der Waals surface area contributed by atoms with Crippen LogP contribution in [0, 0.1) is 0 Å². The van der Waals surface area contributed by atoms with Crippen molar-refractivity contribution < 1.29 is 19.8 Å². The zero-order chi connectivity index (χ0) is 23.8. The molecule has 2 aliphatic rings. The molecule has 34 heavy (non-hydrogen) atoms. The van der Waals surface area contributed by atoms with Gasteiger partial charge in [0.05, 0.1) is 0 Å². The minimum absolute atomic E-state index is 0.0243. The molecule has 0 bridgehead atoms. The van der Waals surface area contributed by atoms with Gasteiger partial charge in [-0.15, -0.1) is 0 Å². The van der Waals surface area contributed by atoms with E-state index in [1.54, 1.807) is 18.2 Å². The van der Waals surface area contributed by atoms with Crippen molar-refractivity contribution in [3.05, 3.63) is 129 Å². The summed E-state index contributed by atoms with van der Waals surface area (Å²) in [5.41, 5.74) is 3.70. The number of carbonyl (C=O) groups excluding carboxylic acids is 2. The molecule has 4 aromatic rings. The number of phenols is 2. The van der Waals surface area contributed by atoms with Crippen molar-refractivity contribution in [3.8, 4) is 11.5 Å². The standard InChI is InChI=1S/C30H22O4/c1-29(23-9-5-4-8-20(23)28(34)22-15-17(31)12-14-25(22)29)30(2)24-10-6-3-7-19(24)27(33)21-13-11-18(32)16-26(21)30/h3-16,31-32H,1-2H3. The van der Waals surface area contributed by atoms with Gasteiger partial charge in [-0.05, 0) is 52.6 Å². The molecule has 0 saturated heterocycles. The van der Waals surface area contributed by atoms with Crippen molar-refractivity contribution in [2.45, 2.75) is 24.7 Å². The van der Waals surface area contributed by atoms with E-state index in [-0.39, 0.29) is 23.1 Å². The second kappa shape index (κ2) is 6.67. The smallest absolute Gasteiger partial charge is 0.193 e. The van der Waals surface area contributed by atoms with Gasteiger partial charge in [0.1, 0.15) is 11.5 Å². The van der Waals surface area contributed by atoms with Crippen LogP contribution < -0.4 is 0 Å². The van der Waals surface area contributed by atoms with Gasteiger partial charge in [0.2, 0.25) is 0 Å². The predicted octanol–water partition coefficient (Wildman–Crippen LogP) is 5.50. The summed E-state index contributed by atoms with van der Waals surface area (Å²) in [6.07, 6.45) is 0.